The fraction of sp³-hybridized carbons (Fsp3) is 1.00. The van der Waals surface area contributed by atoms with Crippen LogP contribution in [0, 0.1) is 0 Å². The van der Waals surface area contributed by atoms with E-state index in [-0.39, 0.29) is 6.61 Å². The number of ether oxygens (including phenoxy) is 3. The lowest BCUT2D eigenvalue weighted by molar-refractivity contribution is -0.294. The van der Waals surface area contributed by atoms with E-state index in [0.29, 0.717) is 0 Å². The lowest BCUT2D eigenvalue weighted by Crippen LogP contribution is -2.65. The molecule has 9 heteroatoms. The molecule has 8 atom stereocenters. The monoisotopic (exact) mass is 323 g/mol. The molecule has 2 heterocycles. The Morgan fingerprint density at radius 1 is 1.27 bits per heavy atom. The van der Waals surface area contributed by atoms with Crippen molar-refractivity contribution in [2.45, 2.75) is 55.4 Å². The summed E-state index contributed by atoms with van der Waals surface area (Å²) in [5.41, 5.74) is -1.59. The van der Waals surface area contributed by atoms with Crippen LogP contribution in [0.1, 0.15) is 6.92 Å². The summed E-state index contributed by atoms with van der Waals surface area (Å²) < 4.78 is 16.5. The van der Waals surface area contributed by atoms with Gasteiger partial charge in [0.2, 0.25) is 0 Å². The third-order valence-electron chi connectivity index (χ3n) is 4.52. The largest absolute Gasteiger partial charge is 0.394 e. The Bertz CT molecular complexity index is 372. The minimum atomic E-state index is -1.59. The summed E-state index contributed by atoms with van der Waals surface area (Å²) in [6.45, 7) is 0.629. The second-order valence-electron chi connectivity index (χ2n) is 5.77. The zero-order chi connectivity index (χ0) is 16.5. The predicted molar refractivity (Wildman–Crippen MR) is 72.9 cm³/mol. The molecule has 9 nitrogen and oxygen atoms in total. The van der Waals surface area contributed by atoms with E-state index in [2.05, 4.69) is 5.32 Å². The molecule has 0 unspecified atom stereocenters. The van der Waals surface area contributed by atoms with Crippen molar-refractivity contribution < 1.29 is 39.7 Å². The molecule has 0 amide bonds. The van der Waals surface area contributed by atoms with Crippen molar-refractivity contribution >= 4 is 0 Å². The molecule has 2 aliphatic rings. The van der Waals surface area contributed by atoms with Crippen LogP contribution in [-0.2, 0) is 14.2 Å². The number of hydrogen-bond donors (Lipinski definition) is 6. The topological polar surface area (TPSA) is 141 Å². The average Bonchev–Trinajstić information content (AvgIpc) is 2.79. The molecule has 22 heavy (non-hydrogen) atoms. The highest BCUT2D eigenvalue weighted by Gasteiger charge is 2.52. The first-order chi connectivity index (χ1) is 10.4. The van der Waals surface area contributed by atoms with Crippen LogP contribution in [0.15, 0.2) is 0 Å². The van der Waals surface area contributed by atoms with Crippen LogP contribution in [0.5, 0.6) is 0 Å². The smallest absolute Gasteiger partial charge is 0.176 e. The molecule has 130 valence electrons. The maximum Gasteiger partial charge on any atom is 0.176 e. The zero-order valence-corrected chi connectivity index (χ0v) is 12.6. The first-order valence-corrected chi connectivity index (χ1v) is 7.29. The van der Waals surface area contributed by atoms with Gasteiger partial charge in [-0.25, -0.2) is 0 Å². The number of likely N-dealkylation sites (N-methyl/N-ethyl adjacent to an activating group) is 1. The van der Waals surface area contributed by atoms with E-state index in [1.807, 2.05) is 0 Å². The Morgan fingerprint density at radius 2 is 1.95 bits per heavy atom. The van der Waals surface area contributed by atoms with Gasteiger partial charge in [-0.15, -0.1) is 0 Å². The van der Waals surface area contributed by atoms with Gasteiger partial charge in [0, 0.05) is 0 Å². The van der Waals surface area contributed by atoms with Crippen molar-refractivity contribution in [2.75, 3.05) is 26.9 Å². The van der Waals surface area contributed by atoms with Gasteiger partial charge in [-0.05, 0) is 14.0 Å². The van der Waals surface area contributed by atoms with Crippen LogP contribution in [0.25, 0.3) is 0 Å². The van der Waals surface area contributed by atoms with Crippen molar-refractivity contribution in [1.82, 2.24) is 5.32 Å². The minimum Gasteiger partial charge on any atom is -0.394 e. The lowest BCUT2D eigenvalue weighted by Gasteiger charge is -2.43. The Hall–Kier alpha value is -0.360. The molecule has 0 aromatic carbocycles. The Labute approximate surface area is 128 Å². The van der Waals surface area contributed by atoms with E-state index in [9.17, 15) is 25.5 Å². The number of nitrogens with one attached hydrogen (secondary N) is 1. The summed E-state index contributed by atoms with van der Waals surface area (Å²) in [5.74, 6) is 0. The summed E-state index contributed by atoms with van der Waals surface area (Å²) in [4.78, 5) is 0. The fourth-order valence-electron chi connectivity index (χ4n) is 2.84. The van der Waals surface area contributed by atoms with Gasteiger partial charge < -0.3 is 45.1 Å². The maximum absolute atomic E-state index is 10.4. The van der Waals surface area contributed by atoms with Gasteiger partial charge >= 0.3 is 0 Å². The summed E-state index contributed by atoms with van der Waals surface area (Å²) in [7, 11) is 1.56. The number of rotatable bonds is 5. The number of aliphatic hydroxyl groups excluding tert-OH is 4. The molecular weight excluding hydrogens is 298 g/mol. The van der Waals surface area contributed by atoms with E-state index in [0.717, 1.165) is 0 Å². The van der Waals surface area contributed by atoms with Gasteiger partial charge in [-0.1, -0.05) is 0 Å². The van der Waals surface area contributed by atoms with Gasteiger partial charge in [-0.2, -0.15) is 0 Å². The molecular formula is C13H25NO8. The lowest BCUT2D eigenvalue weighted by atomic mass is 9.94. The highest BCUT2D eigenvalue weighted by atomic mass is 16.7. The molecule has 0 aromatic rings. The first kappa shape index (κ1) is 18.0. The molecule has 2 rings (SSSR count). The molecule has 2 saturated heterocycles. The first-order valence-electron chi connectivity index (χ1n) is 7.29. The standard InChI is InChI=1S/C13H25NO8/c1-6-13(19,5-16)8(4-20-6)22-12-9(14-2)11(18)10(17)7(3-15)21-12/h6-12,14-19H,3-5H2,1-2H3/t6-,7-,8-,9-,10-,11-,12-,13+/m0/s1. The SMILES string of the molecule is CN[C@@H]1[C@H](O[C@H]2CO[C@@H](C)[C@]2(O)CO)O[C@@H](CO)[C@H](O)[C@H]1O. The van der Waals surface area contributed by atoms with Crippen LogP contribution in [0.2, 0.25) is 0 Å². The quantitative estimate of drug-likeness (QED) is 0.304. The summed E-state index contributed by atoms with van der Waals surface area (Å²) in [5, 5.41) is 51.8. The minimum absolute atomic E-state index is 0.0525. The van der Waals surface area contributed by atoms with Crippen LogP contribution >= 0.6 is 0 Å². The van der Waals surface area contributed by atoms with E-state index in [1.54, 1.807) is 14.0 Å². The Morgan fingerprint density at radius 3 is 2.50 bits per heavy atom. The third kappa shape index (κ3) is 3.01. The molecule has 0 aliphatic carbocycles. The normalized spacial score (nSPS) is 49.5. The maximum atomic E-state index is 10.4. The highest BCUT2D eigenvalue weighted by molar-refractivity contribution is 5.00. The molecule has 0 saturated carbocycles. The average molecular weight is 323 g/mol. The van der Waals surface area contributed by atoms with Crippen molar-refractivity contribution in [3.05, 3.63) is 0 Å². The fourth-order valence-corrected chi connectivity index (χ4v) is 2.84. The second kappa shape index (κ2) is 7.04. The van der Waals surface area contributed by atoms with Gasteiger partial charge in [0.05, 0.1) is 32.0 Å². The molecule has 2 fully saturated rings. The molecule has 0 spiro atoms. The van der Waals surface area contributed by atoms with Crippen molar-refractivity contribution in [3.8, 4) is 0 Å². The summed E-state index contributed by atoms with van der Waals surface area (Å²) in [6.07, 6.45) is -6.01. The van der Waals surface area contributed by atoms with Crippen molar-refractivity contribution in [3.63, 3.8) is 0 Å². The van der Waals surface area contributed by atoms with Crippen molar-refractivity contribution in [1.29, 1.82) is 0 Å². The number of aliphatic hydroxyl groups is 5. The number of hydrogen-bond acceptors (Lipinski definition) is 9. The van der Waals surface area contributed by atoms with E-state index in [1.165, 1.54) is 0 Å². The van der Waals surface area contributed by atoms with Crippen molar-refractivity contribution in [2.24, 2.45) is 0 Å². The van der Waals surface area contributed by atoms with Crippen LogP contribution in [0.3, 0.4) is 0 Å². The second-order valence-corrected chi connectivity index (χ2v) is 5.77. The molecule has 6 N–H and O–H groups in total. The van der Waals surface area contributed by atoms with E-state index < -0.39 is 61.7 Å². The van der Waals surface area contributed by atoms with Gasteiger partial charge in [0.25, 0.3) is 0 Å². The predicted octanol–water partition coefficient (Wildman–Crippen LogP) is -3.46. The molecule has 0 radical (unpaired) electrons. The van der Waals surface area contributed by atoms with Gasteiger partial charge in [-0.3, -0.25) is 0 Å². The summed E-state index contributed by atoms with van der Waals surface area (Å²) >= 11 is 0. The van der Waals surface area contributed by atoms with E-state index in [4.69, 9.17) is 14.2 Å². The van der Waals surface area contributed by atoms with E-state index >= 15 is 0 Å². The Kier molecular flexibility index (Phi) is 5.75. The zero-order valence-electron chi connectivity index (χ0n) is 12.6. The van der Waals surface area contributed by atoms with Gasteiger partial charge in [0.15, 0.2) is 6.29 Å². The Balaban J connectivity index is 2.12. The molecule has 0 aromatic heterocycles. The van der Waals surface area contributed by atoms with Crippen LogP contribution < -0.4 is 5.32 Å². The summed E-state index contributed by atoms with van der Waals surface area (Å²) in [6, 6.07) is -0.767. The highest BCUT2D eigenvalue weighted by Crippen LogP contribution is 2.31. The van der Waals surface area contributed by atoms with Crippen LogP contribution in [-0.4, -0.2) is 101 Å². The van der Waals surface area contributed by atoms with Crippen LogP contribution in [0.4, 0.5) is 0 Å². The molecule has 2 aliphatic heterocycles. The third-order valence-corrected chi connectivity index (χ3v) is 4.52. The molecule has 0 bridgehead atoms. The van der Waals surface area contributed by atoms with Gasteiger partial charge in [0.1, 0.15) is 30.0 Å².